The zero-order valence-electron chi connectivity index (χ0n) is 12.5. The third kappa shape index (κ3) is 5.82. The first-order valence-electron chi connectivity index (χ1n) is 7.13. The zero-order chi connectivity index (χ0) is 15.2. The van der Waals surface area contributed by atoms with Crippen LogP contribution < -0.4 is 5.32 Å². The molecule has 1 fully saturated rings. The van der Waals surface area contributed by atoms with Gasteiger partial charge < -0.3 is 10.2 Å². The lowest BCUT2D eigenvalue weighted by atomic mass is 10.1. The number of nitrogens with zero attached hydrogens (tertiary/aromatic N) is 1. The van der Waals surface area contributed by atoms with E-state index in [1.54, 1.807) is 6.07 Å². The van der Waals surface area contributed by atoms with Crippen LogP contribution in [0.15, 0.2) is 18.2 Å². The largest absolute Gasteiger partial charge is 0.339 e. The minimum atomic E-state index is 0. The number of hydrogen-bond acceptors (Lipinski definition) is 3. The first-order chi connectivity index (χ1) is 10.1. The van der Waals surface area contributed by atoms with E-state index in [0.29, 0.717) is 35.6 Å². The molecule has 1 aromatic rings. The summed E-state index contributed by atoms with van der Waals surface area (Å²) in [6.45, 7) is 4.25. The van der Waals surface area contributed by atoms with Gasteiger partial charge in [0, 0.05) is 43.6 Å². The average molecular weight is 384 g/mol. The topological polar surface area (TPSA) is 32.3 Å². The van der Waals surface area contributed by atoms with Crippen LogP contribution in [0.4, 0.5) is 0 Å². The maximum atomic E-state index is 12.4. The van der Waals surface area contributed by atoms with E-state index in [-0.39, 0.29) is 18.3 Å². The van der Waals surface area contributed by atoms with E-state index in [0.717, 1.165) is 23.6 Å². The number of carbonyl (C=O) groups excluding carboxylic acids is 1. The van der Waals surface area contributed by atoms with E-state index in [4.69, 9.17) is 23.2 Å². The van der Waals surface area contributed by atoms with Gasteiger partial charge in [-0.15, -0.1) is 12.4 Å². The van der Waals surface area contributed by atoms with Crippen LogP contribution in [0, 0.1) is 0 Å². The van der Waals surface area contributed by atoms with Crippen molar-refractivity contribution in [3.63, 3.8) is 0 Å². The molecule has 1 heterocycles. The highest BCUT2D eigenvalue weighted by molar-refractivity contribution is 7.99. The Morgan fingerprint density at radius 1 is 1.41 bits per heavy atom. The molecule has 1 saturated heterocycles. The molecular weight excluding hydrogens is 363 g/mol. The van der Waals surface area contributed by atoms with E-state index in [9.17, 15) is 4.79 Å². The van der Waals surface area contributed by atoms with Crippen molar-refractivity contribution in [3.8, 4) is 0 Å². The second-order valence-electron chi connectivity index (χ2n) is 5.09. The van der Waals surface area contributed by atoms with Gasteiger partial charge in [-0.05, 0) is 24.6 Å². The van der Waals surface area contributed by atoms with Crippen LogP contribution in [-0.2, 0) is 11.3 Å². The SMILES string of the molecule is CCN(Cc1ccc(Cl)c(Cl)c1)C(=O)CC1CSCCN1.Cl. The van der Waals surface area contributed by atoms with Gasteiger partial charge in [-0.1, -0.05) is 29.3 Å². The minimum absolute atomic E-state index is 0. The summed E-state index contributed by atoms with van der Waals surface area (Å²) in [6, 6.07) is 5.81. The van der Waals surface area contributed by atoms with Crippen LogP contribution in [0.2, 0.25) is 10.0 Å². The van der Waals surface area contributed by atoms with Crippen LogP contribution in [0.3, 0.4) is 0 Å². The number of hydrogen-bond donors (Lipinski definition) is 1. The molecule has 2 rings (SSSR count). The molecule has 22 heavy (non-hydrogen) atoms. The molecule has 1 amide bonds. The fourth-order valence-corrected chi connectivity index (χ4v) is 3.60. The van der Waals surface area contributed by atoms with Gasteiger partial charge >= 0.3 is 0 Å². The summed E-state index contributed by atoms with van der Waals surface area (Å²) < 4.78 is 0. The van der Waals surface area contributed by atoms with Crippen molar-refractivity contribution >= 4 is 53.3 Å². The third-order valence-electron chi connectivity index (χ3n) is 3.51. The molecule has 1 aliphatic rings. The number of thioether (sulfide) groups is 1. The molecule has 1 aromatic carbocycles. The molecule has 0 bridgehead atoms. The number of amides is 1. The van der Waals surface area contributed by atoms with E-state index in [1.807, 2.05) is 35.7 Å². The highest BCUT2D eigenvalue weighted by Gasteiger charge is 2.20. The lowest BCUT2D eigenvalue weighted by molar-refractivity contribution is -0.132. The second-order valence-corrected chi connectivity index (χ2v) is 7.05. The maximum absolute atomic E-state index is 12.4. The van der Waals surface area contributed by atoms with Crippen molar-refractivity contribution in [3.05, 3.63) is 33.8 Å². The van der Waals surface area contributed by atoms with Gasteiger partial charge in [-0.3, -0.25) is 4.79 Å². The van der Waals surface area contributed by atoms with Crippen molar-refractivity contribution in [1.82, 2.24) is 10.2 Å². The van der Waals surface area contributed by atoms with Crippen molar-refractivity contribution in [1.29, 1.82) is 0 Å². The lowest BCUT2D eigenvalue weighted by Gasteiger charge is -2.27. The van der Waals surface area contributed by atoms with Crippen molar-refractivity contribution < 1.29 is 4.79 Å². The predicted molar refractivity (Wildman–Crippen MR) is 98.5 cm³/mol. The van der Waals surface area contributed by atoms with Gasteiger partial charge in [-0.2, -0.15) is 11.8 Å². The third-order valence-corrected chi connectivity index (χ3v) is 5.38. The molecule has 7 heteroatoms. The first-order valence-corrected chi connectivity index (χ1v) is 9.04. The van der Waals surface area contributed by atoms with E-state index < -0.39 is 0 Å². The summed E-state index contributed by atoms with van der Waals surface area (Å²) in [6.07, 6.45) is 0.558. The highest BCUT2D eigenvalue weighted by atomic mass is 35.5. The van der Waals surface area contributed by atoms with Crippen LogP contribution in [0.1, 0.15) is 18.9 Å². The van der Waals surface area contributed by atoms with Crippen LogP contribution >= 0.6 is 47.4 Å². The molecule has 124 valence electrons. The zero-order valence-corrected chi connectivity index (χ0v) is 15.6. The Morgan fingerprint density at radius 2 is 2.18 bits per heavy atom. The molecule has 3 nitrogen and oxygen atoms in total. The Labute approximate surface area is 152 Å². The summed E-state index contributed by atoms with van der Waals surface area (Å²) >= 11 is 13.9. The normalized spacial score (nSPS) is 17.7. The average Bonchev–Trinajstić information content (AvgIpc) is 2.49. The first kappa shape index (κ1) is 19.9. The molecule has 1 atom stereocenters. The van der Waals surface area contributed by atoms with E-state index >= 15 is 0 Å². The Balaban J connectivity index is 0.00000242. The molecule has 0 spiro atoms. The van der Waals surface area contributed by atoms with Crippen molar-refractivity contribution in [2.75, 3.05) is 24.6 Å². The van der Waals surface area contributed by atoms with Gasteiger partial charge in [-0.25, -0.2) is 0 Å². The number of benzene rings is 1. The molecule has 0 radical (unpaired) electrons. The quantitative estimate of drug-likeness (QED) is 0.838. The summed E-state index contributed by atoms with van der Waals surface area (Å²) in [7, 11) is 0. The molecule has 0 aliphatic carbocycles. The number of halogens is 3. The fourth-order valence-electron chi connectivity index (χ4n) is 2.33. The minimum Gasteiger partial charge on any atom is -0.339 e. The van der Waals surface area contributed by atoms with Crippen LogP contribution in [-0.4, -0.2) is 41.4 Å². The molecular formula is C15H21Cl3N2OS. The molecule has 0 aromatic heterocycles. The Hall–Kier alpha value is -0.130. The monoisotopic (exact) mass is 382 g/mol. The Kier molecular flexibility index (Phi) is 8.95. The second kappa shape index (κ2) is 9.89. The Bertz CT molecular complexity index is 496. The number of nitrogens with one attached hydrogen (secondary N) is 1. The highest BCUT2D eigenvalue weighted by Crippen LogP contribution is 2.23. The summed E-state index contributed by atoms with van der Waals surface area (Å²) in [4.78, 5) is 14.3. The van der Waals surface area contributed by atoms with Gasteiger partial charge in [0.1, 0.15) is 0 Å². The lowest BCUT2D eigenvalue weighted by Crippen LogP contribution is -2.42. The van der Waals surface area contributed by atoms with Crippen molar-refractivity contribution in [2.24, 2.45) is 0 Å². The summed E-state index contributed by atoms with van der Waals surface area (Å²) in [5.74, 6) is 2.32. The van der Waals surface area contributed by atoms with E-state index in [1.165, 1.54) is 0 Å². The van der Waals surface area contributed by atoms with Gasteiger partial charge in [0.25, 0.3) is 0 Å². The van der Waals surface area contributed by atoms with Gasteiger partial charge in [0.05, 0.1) is 10.0 Å². The van der Waals surface area contributed by atoms with Gasteiger partial charge in [0.15, 0.2) is 0 Å². The standard InChI is InChI=1S/C15H20Cl2N2OS.ClH/c1-2-19(9-11-3-4-13(16)14(17)7-11)15(20)8-12-10-21-6-5-18-12;/h3-4,7,12,18H,2,5-6,8-10H2,1H3;1H. The Morgan fingerprint density at radius 3 is 2.77 bits per heavy atom. The predicted octanol–water partition coefficient (Wildman–Crippen LogP) is 3.86. The summed E-state index contributed by atoms with van der Waals surface area (Å²) in [5, 5.41) is 4.47. The maximum Gasteiger partial charge on any atom is 0.224 e. The number of carbonyl (C=O) groups is 1. The van der Waals surface area contributed by atoms with Crippen LogP contribution in [0.5, 0.6) is 0 Å². The molecule has 0 saturated carbocycles. The summed E-state index contributed by atoms with van der Waals surface area (Å²) in [5.41, 5.74) is 1.01. The van der Waals surface area contributed by atoms with Crippen molar-refractivity contribution in [2.45, 2.75) is 25.9 Å². The molecule has 1 N–H and O–H groups in total. The van der Waals surface area contributed by atoms with E-state index in [2.05, 4.69) is 5.32 Å². The van der Waals surface area contributed by atoms with Gasteiger partial charge in [0.2, 0.25) is 5.91 Å². The number of rotatable bonds is 5. The molecule has 1 unspecified atom stereocenters. The fraction of sp³-hybridized carbons (Fsp3) is 0.533. The smallest absolute Gasteiger partial charge is 0.224 e. The molecule has 1 aliphatic heterocycles. The van der Waals surface area contributed by atoms with Crippen LogP contribution in [0.25, 0.3) is 0 Å².